The zero-order valence-corrected chi connectivity index (χ0v) is 12.0. The molecular formula is C15H24FNO2. The summed E-state index contributed by atoms with van der Waals surface area (Å²) in [7, 11) is 3.39. The molecule has 1 aromatic rings. The van der Waals surface area contributed by atoms with Crippen LogP contribution in [0.4, 0.5) is 4.39 Å². The van der Waals surface area contributed by atoms with E-state index in [1.54, 1.807) is 6.07 Å². The highest BCUT2D eigenvalue weighted by Crippen LogP contribution is 2.21. The predicted octanol–water partition coefficient (Wildman–Crippen LogP) is 2.78. The minimum absolute atomic E-state index is 0.252. The smallest absolute Gasteiger partial charge is 0.168 e. The number of hydrogen-bond donors (Lipinski definition) is 1. The third kappa shape index (κ3) is 5.17. The topological polar surface area (TPSA) is 30.5 Å². The monoisotopic (exact) mass is 269 g/mol. The van der Waals surface area contributed by atoms with Gasteiger partial charge in [-0.3, -0.25) is 0 Å². The summed E-state index contributed by atoms with van der Waals surface area (Å²) in [6, 6.07) is 5.53. The summed E-state index contributed by atoms with van der Waals surface area (Å²) in [5, 5.41) is 3.23. The molecule has 0 amide bonds. The number of hydrogen-bond acceptors (Lipinski definition) is 3. The standard InChI is InChI=1S/C15H24FNO2/c1-4-19-10-6-8-13(17-2)11-12-7-5-9-14(18-3)15(12)16/h5,7,9,13,17H,4,6,8,10-11H2,1-3H3. The van der Waals surface area contributed by atoms with Crippen LogP contribution in [0.3, 0.4) is 0 Å². The number of benzene rings is 1. The lowest BCUT2D eigenvalue weighted by atomic mass is 10.0. The summed E-state index contributed by atoms with van der Waals surface area (Å²) < 4.78 is 24.4. The van der Waals surface area contributed by atoms with Crippen LogP contribution >= 0.6 is 0 Å². The molecule has 0 spiro atoms. The van der Waals surface area contributed by atoms with Crippen molar-refractivity contribution in [2.24, 2.45) is 0 Å². The zero-order chi connectivity index (χ0) is 14.1. The molecule has 3 nitrogen and oxygen atoms in total. The lowest BCUT2D eigenvalue weighted by molar-refractivity contribution is 0.141. The fourth-order valence-electron chi connectivity index (χ4n) is 2.06. The van der Waals surface area contributed by atoms with E-state index in [1.165, 1.54) is 7.11 Å². The molecule has 0 aliphatic heterocycles. The Morgan fingerprint density at radius 2 is 2.16 bits per heavy atom. The zero-order valence-electron chi connectivity index (χ0n) is 12.0. The Morgan fingerprint density at radius 3 is 2.79 bits per heavy atom. The maximum absolute atomic E-state index is 14.0. The molecule has 1 N–H and O–H groups in total. The summed E-state index contributed by atoms with van der Waals surface area (Å²) >= 11 is 0. The molecule has 0 aliphatic rings. The summed E-state index contributed by atoms with van der Waals surface area (Å²) in [6.07, 6.45) is 2.60. The molecule has 1 rings (SSSR count). The second-order valence-electron chi connectivity index (χ2n) is 4.46. The molecule has 0 radical (unpaired) electrons. The van der Waals surface area contributed by atoms with E-state index < -0.39 is 0 Å². The minimum atomic E-state index is -0.255. The fraction of sp³-hybridized carbons (Fsp3) is 0.600. The van der Waals surface area contributed by atoms with Gasteiger partial charge in [0, 0.05) is 19.3 Å². The van der Waals surface area contributed by atoms with E-state index >= 15 is 0 Å². The van der Waals surface area contributed by atoms with Crippen molar-refractivity contribution < 1.29 is 13.9 Å². The van der Waals surface area contributed by atoms with E-state index in [0.29, 0.717) is 17.7 Å². The molecular weight excluding hydrogens is 245 g/mol. The molecule has 0 aliphatic carbocycles. The van der Waals surface area contributed by atoms with Crippen molar-refractivity contribution in [3.8, 4) is 5.75 Å². The fourth-order valence-corrected chi connectivity index (χ4v) is 2.06. The predicted molar refractivity (Wildman–Crippen MR) is 75.2 cm³/mol. The van der Waals surface area contributed by atoms with Crippen LogP contribution < -0.4 is 10.1 Å². The van der Waals surface area contributed by atoms with E-state index in [1.807, 2.05) is 26.1 Å². The molecule has 0 heterocycles. The van der Waals surface area contributed by atoms with Gasteiger partial charge in [-0.05, 0) is 44.9 Å². The van der Waals surface area contributed by atoms with Gasteiger partial charge in [-0.2, -0.15) is 0 Å². The molecule has 1 atom stereocenters. The molecule has 108 valence electrons. The Labute approximate surface area is 115 Å². The van der Waals surface area contributed by atoms with Crippen molar-refractivity contribution >= 4 is 0 Å². The first-order valence-corrected chi connectivity index (χ1v) is 6.79. The van der Waals surface area contributed by atoms with Crippen LogP contribution in [-0.4, -0.2) is 33.4 Å². The number of methoxy groups -OCH3 is 1. The second kappa shape index (κ2) is 8.88. The lowest BCUT2D eigenvalue weighted by Gasteiger charge is -2.17. The lowest BCUT2D eigenvalue weighted by Crippen LogP contribution is -2.28. The van der Waals surface area contributed by atoms with Gasteiger partial charge in [-0.1, -0.05) is 12.1 Å². The van der Waals surface area contributed by atoms with Crippen LogP contribution in [-0.2, 0) is 11.2 Å². The maximum atomic E-state index is 14.0. The normalized spacial score (nSPS) is 12.4. The van der Waals surface area contributed by atoms with Crippen LogP contribution in [0.2, 0.25) is 0 Å². The largest absolute Gasteiger partial charge is 0.494 e. The highest BCUT2D eigenvalue weighted by Gasteiger charge is 2.13. The van der Waals surface area contributed by atoms with Gasteiger partial charge < -0.3 is 14.8 Å². The Kier molecular flexibility index (Phi) is 7.45. The van der Waals surface area contributed by atoms with Gasteiger partial charge in [-0.25, -0.2) is 4.39 Å². The molecule has 0 saturated carbocycles. The van der Waals surface area contributed by atoms with E-state index in [-0.39, 0.29) is 11.9 Å². The second-order valence-corrected chi connectivity index (χ2v) is 4.46. The van der Waals surface area contributed by atoms with Crippen LogP contribution in [0, 0.1) is 5.82 Å². The van der Waals surface area contributed by atoms with Gasteiger partial charge in [0.15, 0.2) is 11.6 Å². The van der Waals surface area contributed by atoms with Crippen molar-refractivity contribution in [1.82, 2.24) is 5.32 Å². The molecule has 1 aromatic carbocycles. The van der Waals surface area contributed by atoms with E-state index in [9.17, 15) is 4.39 Å². The highest BCUT2D eigenvalue weighted by atomic mass is 19.1. The Hall–Kier alpha value is -1.13. The van der Waals surface area contributed by atoms with Crippen molar-refractivity contribution in [3.05, 3.63) is 29.6 Å². The third-order valence-corrected chi connectivity index (χ3v) is 3.18. The molecule has 1 unspecified atom stereocenters. The number of halogens is 1. The van der Waals surface area contributed by atoms with E-state index in [0.717, 1.165) is 26.1 Å². The van der Waals surface area contributed by atoms with Crippen LogP contribution in [0.25, 0.3) is 0 Å². The van der Waals surface area contributed by atoms with Gasteiger partial charge in [0.2, 0.25) is 0 Å². The van der Waals surface area contributed by atoms with E-state index in [2.05, 4.69) is 5.32 Å². The molecule has 0 fully saturated rings. The average molecular weight is 269 g/mol. The van der Waals surface area contributed by atoms with Crippen LogP contribution in [0.1, 0.15) is 25.3 Å². The molecule has 4 heteroatoms. The maximum Gasteiger partial charge on any atom is 0.168 e. The van der Waals surface area contributed by atoms with Gasteiger partial charge in [0.25, 0.3) is 0 Å². The summed E-state index contributed by atoms with van der Waals surface area (Å²) in [5.41, 5.74) is 0.690. The molecule has 0 aromatic heterocycles. The summed E-state index contributed by atoms with van der Waals surface area (Å²) in [4.78, 5) is 0. The van der Waals surface area contributed by atoms with Crippen molar-refractivity contribution in [2.45, 2.75) is 32.2 Å². The minimum Gasteiger partial charge on any atom is -0.494 e. The van der Waals surface area contributed by atoms with Gasteiger partial charge >= 0.3 is 0 Å². The number of nitrogens with one attached hydrogen (secondary N) is 1. The molecule has 19 heavy (non-hydrogen) atoms. The Bertz CT molecular complexity index is 371. The first-order chi connectivity index (χ1) is 9.22. The van der Waals surface area contributed by atoms with Gasteiger partial charge in [0.05, 0.1) is 7.11 Å². The average Bonchev–Trinajstić information content (AvgIpc) is 2.44. The van der Waals surface area contributed by atoms with Crippen molar-refractivity contribution in [2.75, 3.05) is 27.4 Å². The van der Waals surface area contributed by atoms with Crippen LogP contribution in [0.5, 0.6) is 5.75 Å². The number of rotatable bonds is 9. The van der Waals surface area contributed by atoms with Crippen molar-refractivity contribution in [3.63, 3.8) is 0 Å². The molecule has 0 saturated heterocycles. The number of ether oxygens (including phenoxy) is 2. The third-order valence-electron chi connectivity index (χ3n) is 3.18. The van der Waals surface area contributed by atoms with Gasteiger partial charge in [0.1, 0.15) is 0 Å². The first kappa shape index (κ1) is 15.9. The Balaban J connectivity index is 2.55. The molecule has 0 bridgehead atoms. The number of likely N-dealkylation sites (N-methyl/N-ethyl adjacent to an activating group) is 1. The van der Waals surface area contributed by atoms with Crippen molar-refractivity contribution in [1.29, 1.82) is 0 Å². The first-order valence-electron chi connectivity index (χ1n) is 6.79. The van der Waals surface area contributed by atoms with E-state index in [4.69, 9.17) is 9.47 Å². The Morgan fingerprint density at radius 1 is 1.37 bits per heavy atom. The van der Waals surface area contributed by atoms with Crippen LogP contribution in [0.15, 0.2) is 18.2 Å². The quantitative estimate of drug-likeness (QED) is 0.699. The SMILES string of the molecule is CCOCCCC(Cc1cccc(OC)c1F)NC. The van der Waals surface area contributed by atoms with Gasteiger partial charge in [-0.15, -0.1) is 0 Å². The summed E-state index contributed by atoms with van der Waals surface area (Å²) in [5.74, 6) is 0.0525. The summed E-state index contributed by atoms with van der Waals surface area (Å²) in [6.45, 7) is 3.49. The highest BCUT2D eigenvalue weighted by molar-refractivity contribution is 5.31.